The van der Waals surface area contributed by atoms with Gasteiger partial charge in [-0.05, 0) is 65.2 Å². The second-order valence-electron chi connectivity index (χ2n) is 6.94. The summed E-state index contributed by atoms with van der Waals surface area (Å²) in [5, 5.41) is 23.8. The van der Waals surface area contributed by atoms with Crippen molar-refractivity contribution in [2.75, 3.05) is 11.9 Å². The summed E-state index contributed by atoms with van der Waals surface area (Å²) < 4.78 is 12.2. The van der Waals surface area contributed by atoms with E-state index in [4.69, 9.17) is 14.7 Å². The number of carbonyl (C=O) groups excluding carboxylic acids is 2. The van der Waals surface area contributed by atoms with Crippen molar-refractivity contribution in [1.82, 2.24) is 5.48 Å². The summed E-state index contributed by atoms with van der Waals surface area (Å²) in [7, 11) is 0. The zero-order valence-corrected chi connectivity index (χ0v) is 19.9. The van der Waals surface area contributed by atoms with Crippen LogP contribution >= 0.6 is 22.6 Å². The number of hydroxylamine groups is 1. The van der Waals surface area contributed by atoms with Crippen LogP contribution in [0.2, 0.25) is 0 Å². The number of phenols is 1. The SMILES string of the molecule is CCO[C@H](/C=C/C(=O)NO)[C@H](OC(=O)Nc1cccc2ccccc12)c1cc(I)ccc1O. The van der Waals surface area contributed by atoms with Crippen molar-refractivity contribution in [3.63, 3.8) is 0 Å². The maximum Gasteiger partial charge on any atom is 0.412 e. The Labute approximate surface area is 204 Å². The summed E-state index contributed by atoms with van der Waals surface area (Å²) in [6, 6.07) is 18.0. The number of carbonyl (C=O) groups is 2. The lowest BCUT2D eigenvalue weighted by atomic mass is 10.0. The van der Waals surface area contributed by atoms with Crippen molar-refractivity contribution in [3.8, 4) is 5.75 Å². The normalized spacial score (nSPS) is 12.9. The minimum absolute atomic E-state index is 0.0944. The molecular formula is C24H23IN2O6. The predicted octanol–water partition coefficient (Wildman–Crippen LogP) is 4.91. The molecule has 0 saturated carbocycles. The quantitative estimate of drug-likeness (QED) is 0.134. The molecule has 0 bridgehead atoms. The van der Waals surface area contributed by atoms with E-state index in [1.807, 2.05) is 36.4 Å². The van der Waals surface area contributed by atoms with Gasteiger partial charge in [0.05, 0.1) is 5.69 Å². The second-order valence-corrected chi connectivity index (χ2v) is 8.18. The average molecular weight is 562 g/mol. The van der Waals surface area contributed by atoms with Crippen molar-refractivity contribution in [1.29, 1.82) is 0 Å². The number of hydrogen-bond acceptors (Lipinski definition) is 6. The Bertz CT molecular complexity index is 1160. The third-order valence-corrected chi connectivity index (χ3v) is 5.43. The van der Waals surface area contributed by atoms with Crippen LogP contribution in [0.4, 0.5) is 10.5 Å². The van der Waals surface area contributed by atoms with Crippen molar-refractivity contribution < 1.29 is 29.4 Å². The first-order valence-electron chi connectivity index (χ1n) is 10.1. The first-order chi connectivity index (χ1) is 15.9. The molecule has 2 amide bonds. The Kier molecular flexibility index (Phi) is 8.64. The van der Waals surface area contributed by atoms with Crippen LogP contribution in [0.15, 0.2) is 72.8 Å². The van der Waals surface area contributed by atoms with E-state index in [-0.39, 0.29) is 12.4 Å². The minimum Gasteiger partial charge on any atom is -0.508 e. The fraction of sp³-hybridized carbons (Fsp3) is 0.167. The lowest BCUT2D eigenvalue weighted by Gasteiger charge is -2.26. The molecule has 0 radical (unpaired) electrons. The topological polar surface area (TPSA) is 117 Å². The van der Waals surface area contributed by atoms with Gasteiger partial charge >= 0.3 is 6.09 Å². The van der Waals surface area contributed by atoms with Crippen molar-refractivity contribution in [2.24, 2.45) is 0 Å². The Hall–Kier alpha value is -3.15. The molecule has 4 N–H and O–H groups in total. The van der Waals surface area contributed by atoms with Crippen LogP contribution in [0.1, 0.15) is 18.6 Å². The number of benzene rings is 3. The van der Waals surface area contributed by atoms with Gasteiger partial charge in [0.1, 0.15) is 11.9 Å². The fourth-order valence-electron chi connectivity index (χ4n) is 3.31. The standard InChI is InChI=1S/C24H23IN2O6/c1-2-32-21(12-13-22(29)27-31)23(18-14-16(25)10-11-20(18)28)33-24(30)26-19-9-5-7-15-6-3-4-8-17(15)19/h3-14,21,23,28,31H,2H2,1H3,(H,26,30)(H,27,29)/b13-12+/t21-,23-/m1/s1. The zero-order valence-electron chi connectivity index (χ0n) is 17.7. The molecule has 3 rings (SSSR count). The lowest BCUT2D eigenvalue weighted by molar-refractivity contribution is -0.124. The smallest absolute Gasteiger partial charge is 0.412 e. The van der Waals surface area contributed by atoms with Gasteiger partial charge in [-0.15, -0.1) is 0 Å². The van der Waals surface area contributed by atoms with Crippen LogP contribution < -0.4 is 10.8 Å². The summed E-state index contributed by atoms with van der Waals surface area (Å²) in [5.41, 5.74) is 2.37. The maximum atomic E-state index is 12.9. The molecule has 0 heterocycles. The molecule has 0 aromatic heterocycles. The van der Waals surface area contributed by atoms with Crippen LogP contribution in [-0.4, -0.2) is 35.0 Å². The van der Waals surface area contributed by atoms with Crippen LogP contribution in [0.5, 0.6) is 5.75 Å². The fourth-order valence-corrected chi connectivity index (χ4v) is 3.82. The summed E-state index contributed by atoms with van der Waals surface area (Å²) >= 11 is 2.08. The number of halogens is 1. The molecule has 0 aliphatic carbocycles. The first-order valence-corrected chi connectivity index (χ1v) is 11.2. The Morgan fingerprint density at radius 2 is 1.88 bits per heavy atom. The van der Waals surface area contributed by atoms with Gasteiger partial charge in [-0.1, -0.05) is 36.4 Å². The van der Waals surface area contributed by atoms with E-state index in [9.17, 15) is 14.7 Å². The summed E-state index contributed by atoms with van der Waals surface area (Å²) in [6.07, 6.45) is -0.361. The Balaban J connectivity index is 1.94. The number of hydrogen-bond donors (Lipinski definition) is 4. The molecule has 33 heavy (non-hydrogen) atoms. The molecule has 8 nitrogen and oxygen atoms in total. The molecule has 0 unspecified atom stereocenters. The third kappa shape index (κ3) is 6.44. The van der Waals surface area contributed by atoms with Crippen LogP contribution in [0, 0.1) is 3.57 Å². The van der Waals surface area contributed by atoms with Gasteiger partial charge in [0.2, 0.25) is 0 Å². The highest BCUT2D eigenvalue weighted by Crippen LogP contribution is 2.33. The second kappa shape index (κ2) is 11.6. The van der Waals surface area contributed by atoms with Crippen molar-refractivity contribution in [3.05, 3.63) is 81.9 Å². The van der Waals surface area contributed by atoms with Gasteiger partial charge in [-0.3, -0.25) is 15.3 Å². The molecule has 0 aliphatic heterocycles. The highest BCUT2D eigenvalue weighted by atomic mass is 127. The van der Waals surface area contributed by atoms with Gasteiger partial charge in [0, 0.05) is 27.2 Å². The number of amides is 2. The maximum absolute atomic E-state index is 12.9. The molecule has 0 aliphatic rings. The highest BCUT2D eigenvalue weighted by molar-refractivity contribution is 14.1. The van der Waals surface area contributed by atoms with Gasteiger partial charge in [0.25, 0.3) is 5.91 Å². The van der Waals surface area contributed by atoms with Gasteiger partial charge in [0.15, 0.2) is 6.10 Å². The first kappa shape index (κ1) is 24.5. The lowest BCUT2D eigenvalue weighted by Crippen LogP contribution is -2.28. The molecular weight excluding hydrogens is 539 g/mol. The van der Waals surface area contributed by atoms with Gasteiger partial charge in [-0.2, -0.15) is 0 Å². The number of ether oxygens (including phenoxy) is 2. The molecule has 0 fully saturated rings. The molecule has 2 atom stereocenters. The van der Waals surface area contributed by atoms with Crippen molar-refractivity contribution >= 4 is 51.1 Å². The number of aromatic hydroxyl groups is 1. The zero-order chi connectivity index (χ0) is 23.8. The van der Waals surface area contributed by atoms with Gasteiger partial charge in [-0.25, -0.2) is 10.3 Å². The number of phenolic OH excluding ortho intramolecular Hbond substituents is 1. The minimum atomic E-state index is -1.09. The van der Waals surface area contributed by atoms with E-state index in [1.165, 1.54) is 17.6 Å². The van der Waals surface area contributed by atoms with Crippen LogP contribution in [-0.2, 0) is 14.3 Å². The summed E-state index contributed by atoms with van der Waals surface area (Å²) in [5.74, 6) is -0.867. The molecule has 0 saturated heterocycles. The molecule has 3 aromatic rings. The number of rotatable bonds is 8. The molecule has 3 aromatic carbocycles. The van der Waals surface area contributed by atoms with E-state index in [2.05, 4.69) is 27.9 Å². The van der Waals surface area contributed by atoms with E-state index < -0.39 is 24.2 Å². The number of nitrogens with one attached hydrogen (secondary N) is 2. The summed E-state index contributed by atoms with van der Waals surface area (Å²) in [4.78, 5) is 24.4. The number of anilines is 1. The Morgan fingerprint density at radius 3 is 2.64 bits per heavy atom. The van der Waals surface area contributed by atoms with Crippen LogP contribution in [0.25, 0.3) is 10.8 Å². The highest BCUT2D eigenvalue weighted by Gasteiger charge is 2.29. The van der Waals surface area contributed by atoms with E-state index in [0.29, 0.717) is 11.3 Å². The molecule has 0 spiro atoms. The Morgan fingerprint density at radius 1 is 1.12 bits per heavy atom. The van der Waals surface area contributed by atoms with E-state index in [0.717, 1.165) is 20.4 Å². The average Bonchev–Trinajstić information content (AvgIpc) is 2.82. The van der Waals surface area contributed by atoms with Crippen LogP contribution in [0.3, 0.4) is 0 Å². The largest absolute Gasteiger partial charge is 0.508 e. The molecule has 9 heteroatoms. The van der Waals surface area contributed by atoms with Crippen molar-refractivity contribution in [2.45, 2.75) is 19.1 Å². The third-order valence-electron chi connectivity index (χ3n) is 4.76. The molecule has 172 valence electrons. The number of fused-ring (bicyclic) bond motifs is 1. The van der Waals surface area contributed by atoms with E-state index in [1.54, 1.807) is 25.1 Å². The predicted molar refractivity (Wildman–Crippen MR) is 132 cm³/mol. The van der Waals surface area contributed by atoms with E-state index >= 15 is 0 Å². The summed E-state index contributed by atoms with van der Waals surface area (Å²) in [6.45, 7) is 1.99. The van der Waals surface area contributed by atoms with Gasteiger partial charge < -0.3 is 14.6 Å². The monoisotopic (exact) mass is 562 g/mol.